The fourth-order valence-electron chi connectivity index (χ4n) is 5.02. The Kier molecular flexibility index (Phi) is 16.5. The summed E-state index contributed by atoms with van der Waals surface area (Å²) in [5, 5.41) is 5.32. The SMILES string of the molecule is CCCCCCCCC(=O)OCCOCCOCCOCCOCCNc1cccc2c1C(=O)N(C1CCC(=O)NC1=O)C2=O. The van der Waals surface area contributed by atoms with Crippen LogP contribution in [0.3, 0.4) is 0 Å². The summed E-state index contributed by atoms with van der Waals surface area (Å²) >= 11 is 0. The van der Waals surface area contributed by atoms with Crippen LogP contribution in [0.4, 0.5) is 5.69 Å². The Bertz CT molecular complexity index is 1130. The van der Waals surface area contributed by atoms with Crippen molar-refractivity contribution in [3.63, 3.8) is 0 Å². The van der Waals surface area contributed by atoms with Crippen LogP contribution in [0.25, 0.3) is 0 Å². The van der Waals surface area contributed by atoms with E-state index in [0.29, 0.717) is 71.5 Å². The Morgan fingerprint density at radius 3 is 2.11 bits per heavy atom. The number of fused-ring (bicyclic) bond motifs is 1. The number of hydrogen-bond acceptors (Lipinski definition) is 11. The van der Waals surface area contributed by atoms with Gasteiger partial charge in [-0.25, -0.2) is 0 Å². The minimum Gasteiger partial charge on any atom is -0.463 e. The summed E-state index contributed by atoms with van der Waals surface area (Å²) < 4.78 is 27.1. The Morgan fingerprint density at radius 2 is 1.44 bits per heavy atom. The van der Waals surface area contributed by atoms with Crippen LogP contribution in [-0.4, -0.2) is 107 Å². The number of nitrogens with one attached hydrogen (secondary N) is 2. The van der Waals surface area contributed by atoms with Gasteiger partial charge in [0.15, 0.2) is 0 Å². The number of hydrogen-bond donors (Lipinski definition) is 2. The van der Waals surface area contributed by atoms with Gasteiger partial charge >= 0.3 is 5.97 Å². The van der Waals surface area contributed by atoms with Crippen LogP contribution in [0.5, 0.6) is 0 Å². The second kappa shape index (κ2) is 20.6. The van der Waals surface area contributed by atoms with E-state index in [-0.39, 0.29) is 36.5 Å². The van der Waals surface area contributed by atoms with Crippen molar-refractivity contribution < 1.29 is 47.7 Å². The second-order valence-corrected chi connectivity index (χ2v) is 10.8. The monoisotopic (exact) mass is 633 g/mol. The number of piperidine rings is 1. The first-order valence-corrected chi connectivity index (χ1v) is 16.0. The number of nitrogens with zero attached hydrogens (tertiary/aromatic N) is 1. The van der Waals surface area contributed by atoms with Gasteiger partial charge in [0.1, 0.15) is 12.6 Å². The molecule has 0 aromatic heterocycles. The topological polar surface area (TPSA) is 159 Å². The van der Waals surface area contributed by atoms with Crippen molar-refractivity contribution in [2.45, 2.75) is 70.8 Å². The fourth-order valence-corrected chi connectivity index (χ4v) is 5.02. The molecular weight excluding hydrogens is 586 g/mol. The molecule has 0 saturated carbocycles. The summed E-state index contributed by atoms with van der Waals surface area (Å²) in [4.78, 5) is 62.4. The van der Waals surface area contributed by atoms with E-state index in [0.717, 1.165) is 17.7 Å². The molecule has 4 amide bonds. The number of carbonyl (C=O) groups is 5. The van der Waals surface area contributed by atoms with E-state index in [1.807, 2.05) is 0 Å². The summed E-state index contributed by atoms with van der Waals surface area (Å²) in [6.45, 7) is 5.92. The predicted molar refractivity (Wildman–Crippen MR) is 164 cm³/mol. The summed E-state index contributed by atoms with van der Waals surface area (Å²) in [5.41, 5.74) is 0.909. The van der Waals surface area contributed by atoms with Crippen molar-refractivity contribution in [2.24, 2.45) is 0 Å². The lowest BCUT2D eigenvalue weighted by Crippen LogP contribution is -2.54. The van der Waals surface area contributed by atoms with Gasteiger partial charge < -0.3 is 29.0 Å². The molecule has 1 aromatic carbocycles. The maximum atomic E-state index is 13.1. The standard InChI is InChI=1S/C32H47N3O10/c1-2-3-4-5-6-7-11-28(37)45-23-22-44-21-20-43-19-18-42-17-16-41-15-14-33-25-10-8-9-24-29(25)32(40)35(31(24)39)26-12-13-27(36)34-30(26)38/h8-10,26,33H,2-7,11-23H2,1H3,(H,34,36,38). The molecule has 13 nitrogen and oxygen atoms in total. The third-order valence-corrected chi connectivity index (χ3v) is 7.37. The van der Waals surface area contributed by atoms with E-state index in [9.17, 15) is 24.0 Å². The van der Waals surface area contributed by atoms with Gasteiger partial charge in [0, 0.05) is 25.1 Å². The highest BCUT2D eigenvalue weighted by Gasteiger charge is 2.45. The minimum atomic E-state index is -1.01. The summed E-state index contributed by atoms with van der Waals surface area (Å²) in [5.74, 6) is -2.33. The van der Waals surface area contributed by atoms with E-state index in [1.165, 1.54) is 25.7 Å². The largest absolute Gasteiger partial charge is 0.463 e. The highest BCUT2D eigenvalue weighted by molar-refractivity contribution is 6.25. The van der Waals surface area contributed by atoms with Gasteiger partial charge in [0.05, 0.1) is 64.0 Å². The van der Waals surface area contributed by atoms with Crippen molar-refractivity contribution in [1.29, 1.82) is 0 Å². The van der Waals surface area contributed by atoms with Gasteiger partial charge in [-0.2, -0.15) is 0 Å². The lowest BCUT2D eigenvalue weighted by Gasteiger charge is -2.27. The molecule has 2 N–H and O–H groups in total. The summed E-state index contributed by atoms with van der Waals surface area (Å²) in [7, 11) is 0. The van der Waals surface area contributed by atoms with E-state index >= 15 is 0 Å². The summed E-state index contributed by atoms with van der Waals surface area (Å²) in [6, 6.07) is 3.90. The first-order valence-electron chi connectivity index (χ1n) is 16.0. The summed E-state index contributed by atoms with van der Waals surface area (Å²) in [6.07, 6.45) is 7.45. The van der Waals surface area contributed by atoms with Gasteiger partial charge in [0.2, 0.25) is 11.8 Å². The first kappa shape index (κ1) is 36.1. The maximum absolute atomic E-state index is 13.1. The van der Waals surface area contributed by atoms with Gasteiger partial charge in [0.25, 0.3) is 11.8 Å². The smallest absolute Gasteiger partial charge is 0.305 e. The zero-order chi connectivity index (χ0) is 32.3. The first-order chi connectivity index (χ1) is 21.9. The van der Waals surface area contributed by atoms with Crippen molar-refractivity contribution >= 4 is 35.3 Å². The predicted octanol–water partition coefficient (Wildman–Crippen LogP) is 2.86. The molecule has 13 heteroatoms. The van der Waals surface area contributed by atoms with Crippen LogP contribution in [0.15, 0.2) is 18.2 Å². The molecule has 1 atom stereocenters. The molecule has 1 aromatic rings. The van der Waals surface area contributed by atoms with E-state index < -0.39 is 29.7 Å². The van der Waals surface area contributed by atoms with Crippen molar-refractivity contribution in [2.75, 3.05) is 71.3 Å². The van der Waals surface area contributed by atoms with Crippen molar-refractivity contribution in [3.8, 4) is 0 Å². The van der Waals surface area contributed by atoms with Crippen LogP contribution >= 0.6 is 0 Å². The molecule has 1 saturated heterocycles. The lowest BCUT2D eigenvalue weighted by molar-refractivity contribution is -0.145. The molecule has 0 aliphatic carbocycles. The number of rotatable bonds is 24. The van der Waals surface area contributed by atoms with Gasteiger partial charge in [-0.1, -0.05) is 45.1 Å². The maximum Gasteiger partial charge on any atom is 0.305 e. The van der Waals surface area contributed by atoms with Crippen molar-refractivity contribution in [3.05, 3.63) is 29.3 Å². The number of anilines is 1. The number of benzene rings is 1. The highest BCUT2D eigenvalue weighted by atomic mass is 16.6. The van der Waals surface area contributed by atoms with Crippen LogP contribution in [0.2, 0.25) is 0 Å². The van der Waals surface area contributed by atoms with Crippen LogP contribution in [-0.2, 0) is 38.1 Å². The fraction of sp³-hybridized carbons (Fsp3) is 0.656. The van der Waals surface area contributed by atoms with E-state index in [1.54, 1.807) is 18.2 Å². The van der Waals surface area contributed by atoms with Gasteiger partial charge in [-0.3, -0.25) is 34.2 Å². The molecule has 0 spiro atoms. The third kappa shape index (κ3) is 12.1. The van der Waals surface area contributed by atoms with Gasteiger partial charge in [-0.05, 0) is 25.0 Å². The van der Waals surface area contributed by atoms with E-state index in [2.05, 4.69) is 17.6 Å². The normalized spacial score (nSPS) is 16.2. The van der Waals surface area contributed by atoms with Crippen LogP contribution < -0.4 is 10.6 Å². The van der Waals surface area contributed by atoms with Crippen molar-refractivity contribution in [1.82, 2.24) is 10.2 Å². The molecule has 45 heavy (non-hydrogen) atoms. The Morgan fingerprint density at radius 1 is 0.822 bits per heavy atom. The Balaban J connectivity index is 1.15. The zero-order valence-corrected chi connectivity index (χ0v) is 26.3. The molecule has 250 valence electrons. The number of carbonyl (C=O) groups excluding carboxylic acids is 5. The molecule has 2 aliphatic rings. The molecule has 2 aliphatic heterocycles. The second-order valence-electron chi connectivity index (χ2n) is 10.8. The molecule has 1 unspecified atom stereocenters. The quantitative estimate of drug-likeness (QED) is 0.0979. The molecule has 2 heterocycles. The lowest BCUT2D eigenvalue weighted by atomic mass is 10.0. The van der Waals surface area contributed by atoms with E-state index in [4.69, 9.17) is 23.7 Å². The molecule has 0 radical (unpaired) electrons. The number of ether oxygens (including phenoxy) is 5. The number of amides is 4. The molecule has 1 fully saturated rings. The molecule has 3 rings (SSSR count). The zero-order valence-electron chi connectivity index (χ0n) is 26.3. The number of unbranched alkanes of at least 4 members (excludes halogenated alkanes) is 5. The van der Waals surface area contributed by atoms with Gasteiger partial charge in [-0.15, -0.1) is 0 Å². The number of esters is 1. The molecular formula is C32H47N3O10. The molecule has 0 bridgehead atoms. The third-order valence-electron chi connectivity index (χ3n) is 7.37. The van der Waals surface area contributed by atoms with Crippen LogP contribution in [0.1, 0.15) is 85.4 Å². The minimum absolute atomic E-state index is 0.0679. The number of imide groups is 2. The Hall–Kier alpha value is -3.39. The van der Waals surface area contributed by atoms with Crippen LogP contribution in [0, 0.1) is 0 Å². The average molecular weight is 634 g/mol. The Labute approximate surface area is 264 Å². The average Bonchev–Trinajstić information content (AvgIpc) is 3.28. The highest BCUT2D eigenvalue weighted by Crippen LogP contribution is 2.32.